The lowest BCUT2D eigenvalue weighted by Gasteiger charge is -1.91. The average Bonchev–Trinajstić information content (AvgIpc) is 2.01. The number of carboxylic acids is 1. The molecule has 1 aromatic rings. The Morgan fingerprint density at radius 1 is 1.58 bits per heavy atom. The third-order valence-corrected chi connectivity index (χ3v) is 1.57. The first-order valence-corrected chi connectivity index (χ1v) is 4.01. The van der Waals surface area contributed by atoms with Crippen molar-refractivity contribution in [2.75, 3.05) is 0 Å². The van der Waals surface area contributed by atoms with Crippen LogP contribution >= 0.6 is 15.9 Å². The van der Waals surface area contributed by atoms with Crippen molar-refractivity contribution in [2.45, 2.75) is 0 Å². The Morgan fingerprint density at radius 3 is 2.92 bits per heavy atom. The van der Waals surface area contributed by atoms with E-state index in [1.807, 2.05) is 0 Å². The molecule has 4 heteroatoms. The van der Waals surface area contributed by atoms with Crippen molar-refractivity contribution in [3.05, 3.63) is 34.6 Å². The maximum Gasteiger partial charge on any atom is 0.328 e. The van der Waals surface area contributed by atoms with E-state index in [-0.39, 0.29) is 0 Å². The maximum atomic E-state index is 10.1. The highest BCUT2D eigenvalue weighted by molar-refractivity contribution is 9.10. The van der Waals surface area contributed by atoms with Crippen molar-refractivity contribution in [1.29, 1.82) is 0 Å². The highest BCUT2D eigenvalue weighted by Crippen LogP contribution is 2.06. The first kappa shape index (κ1) is 8.93. The Bertz CT molecular complexity index is 323. The number of hydrogen-bond acceptors (Lipinski definition) is 2. The number of aliphatic carboxylic acids is 1. The maximum absolute atomic E-state index is 10.1. The van der Waals surface area contributed by atoms with Crippen molar-refractivity contribution in [3.8, 4) is 0 Å². The van der Waals surface area contributed by atoms with Crippen LogP contribution in [0.3, 0.4) is 0 Å². The SMILES string of the molecule is O=C(O)C=Cc1cccc(Br)n1. The molecule has 12 heavy (non-hydrogen) atoms. The minimum absolute atomic E-state index is 0.617. The molecular weight excluding hydrogens is 222 g/mol. The van der Waals surface area contributed by atoms with E-state index in [0.717, 1.165) is 6.08 Å². The van der Waals surface area contributed by atoms with Gasteiger partial charge in [-0.3, -0.25) is 0 Å². The van der Waals surface area contributed by atoms with Crippen LogP contribution in [-0.4, -0.2) is 16.1 Å². The van der Waals surface area contributed by atoms with Gasteiger partial charge in [-0.1, -0.05) is 6.07 Å². The summed E-state index contributed by atoms with van der Waals surface area (Å²) in [7, 11) is 0. The molecule has 0 amide bonds. The van der Waals surface area contributed by atoms with E-state index in [0.29, 0.717) is 10.3 Å². The summed E-state index contributed by atoms with van der Waals surface area (Å²) >= 11 is 3.18. The molecule has 0 saturated heterocycles. The Balaban J connectivity index is 2.83. The van der Waals surface area contributed by atoms with Gasteiger partial charge >= 0.3 is 5.97 Å². The van der Waals surface area contributed by atoms with E-state index in [4.69, 9.17) is 5.11 Å². The highest BCUT2D eigenvalue weighted by Gasteiger charge is 1.91. The second-order valence-corrected chi connectivity index (χ2v) is 2.87. The third kappa shape index (κ3) is 2.84. The predicted octanol–water partition coefficient (Wildman–Crippen LogP) is 1.94. The Kier molecular flexibility index (Phi) is 2.99. The van der Waals surface area contributed by atoms with Crippen LogP contribution in [0.25, 0.3) is 6.08 Å². The van der Waals surface area contributed by atoms with Gasteiger partial charge in [-0.15, -0.1) is 0 Å². The van der Waals surface area contributed by atoms with Gasteiger partial charge in [0.15, 0.2) is 0 Å². The summed E-state index contributed by atoms with van der Waals surface area (Å²) in [5, 5.41) is 8.32. The van der Waals surface area contributed by atoms with Crippen LogP contribution in [0.4, 0.5) is 0 Å². The van der Waals surface area contributed by atoms with Gasteiger partial charge < -0.3 is 5.11 Å². The zero-order valence-electron chi connectivity index (χ0n) is 6.07. The molecule has 0 aromatic carbocycles. The molecule has 0 atom stereocenters. The number of rotatable bonds is 2. The molecule has 1 rings (SSSR count). The summed E-state index contributed by atoms with van der Waals surface area (Å²) in [6, 6.07) is 5.29. The number of aromatic nitrogens is 1. The van der Waals surface area contributed by atoms with Gasteiger partial charge in [-0.05, 0) is 34.1 Å². The Morgan fingerprint density at radius 2 is 2.33 bits per heavy atom. The van der Waals surface area contributed by atoms with E-state index < -0.39 is 5.97 Å². The van der Waals surface area contributed by atoms with Gasteiger partial charge in [0.1, 0.15) is 4.60 Å². The second-order valence-electron chi connectivity index (χ2n) is 2.06. The van der Waals surface area contributed by atoms with Gasteiger partial charge in [-0.25, -0.2) is 9.78 Å². The van der Waals surface area contributed by atoms with E-state index in [9.17, 15) is 4.79 Å². The van der Waals surface area contributed by atoms with Crippen LogP contribution in [0.15, 0.2) is 28.9 Å². The number of carbonyl (C=O) groups is 1. The lowest BCUT2D eigenvalue weighted by molar-refractivity contribution is -0.131. The molecule has 1 heterocycles. The van der Waals surface area contributed by atoms with Crippen LogP contribution in [0.2, 0.25) is 0 Å². The van der Waals surface area contributed by atoms with Crippen molar-refractivity contribution >= 4 is 28.0 Å². The zero-order valence-corrected chi connectivity index (χ0v) is 7.65. The Labute approximate surface area is 77.9 Å². The molecule has 3 nitrogen and oxygen atoms in total. The largest absolute Gasteiger partial charge is 0.478 e. The summed E-state index contributed by atoms with van der Waals surface area (Å²) in [5.74, 6) is -0.975. The fraction of sp³-hybridized carbons (Fsp3) is 0. The van der Waals surface area contributed by atoms with Gasteiger partial charge in [0.2, 0.25) is 0 Å². The van der Waals surface area contributed by atoms with E-state index in [2.05, 4.69) is 20.9 Å². The van der Waals surface area contributed by atoms with Crippen molar-refractivity contribution < 1.29 is 9.90 Å². The summed E-state index contributed by atoms with van der Waals surface area (Å²) in [6.45, 7) is 0. The van der Waals surface area contributed by atoms with Crippen molar-refractivity contribution in [3.63, 3.8) is 0 Å². The molecule has 0 bridgehead atoms. The van der Waals surface area contributed by atoms with E-state index in [1.54, 1.807) is 18.2 Å². The molecule has 1 N–H and O–H groups in total. The topological polar surface area (TPSA) is 50.2 Å². The molecule has 62 valence electrons. The second kappa shape index (κ2) is 4.01. The van der Waals surface area contributed by atoms with Crippen LogP contribution in [0.5, 0.6) is 0 Å². The monoisotopic (exact) mass is 227 g/mol. The number of nitrogens with zero attached hydrogens (tertiary/aromatic N) is 1. The van der Waals surface area contributed by atoms with Gasteiger partial charge in [0, 0.05) is 6.08 Å². The third-order valence-electron chi connectivity index (χ3n) is 1.13. The van der Waals surface area contributed by atoms with E-state index >= 15 is 0 Å². The van der Waals surface area contributed by atoms with Crippen LogP contribution in [0.1, 0.15) is 5.69 Å². The first-order chi connectivity index (χ1) is 5.68. The number of carboxylic acid groups (broad SMARTS) is 1. The Hall–Kier alpha value is -1.16. The molecular formula is C8H6BrNO2. The molecule has 0 spiro atoms. The molecule has 0 saturated carbocycles. The molecule has 0 radical (unpaired) electrons. The molecule has 0 unspecified atom stereocenters. The average molecular weight is 228 g/mol. The quantitative estimate of drug-likeness (QED) is 0.621. The lowest BCUT2D eigenvalue weighted by Crippen LogP contribution is -1.87. The zero-order chi connectivity index (χ0) is 8.97. The van der Waals surface area contributed by atoms with Crippen LogP contribution < -0.4 is 0 Å². The summed E-state index contributed by atoms with van der Waals surface area (Å²) < 4.78 is 0.690. The smallest absolute Gasteiger partial charge is 0.328 e. The molecule has 0 aliphatic carbocycles. The fourth-order valence-corrected chi connectivity index (χ4v) is 1.03. The minimum atomic E-state index is -0.975. The molecule has 0 fully saturated rings. The lowest BCUT2D eigenvalue weighted by atomic mass is 10.3. The standard InChI is InChI=1S/C8H6BrNO2/c9-7-3-1-2-6(10-7)4-5-8(11)12/h1-5H,(H,11,12). The van der Waals surface area contributed by atoms with Crippen molar-refractivity contribution in [2.24, 2.45) is 0 Å². The van der Waals surface area contributed by atoms with Gasteiger partial charge in [-0.2, -0.15) is 0 Å². The normalized spacial score (nSPS) is 10.4. The number of hydrogen-bond donors (Lipinski definition) is 1. The summed E-state index contributed by atoms with van der Waals surface area (Å²) in [6.07, 6.45) is 2.49. The molecule has 0 aliphatic heterocycles. The first-order valence-electron chi connectivity index (χ1n) is 3.22. The molecule has 1 aromatic heterocycles. The summed E-state index contributed by atoms with van der Waals surface area (Å²) in [4.78, 5) is 14.1. The summed E-state index contributed by atoms with van der Waals surface area (Å²) in [5.41, 5.74) is 0.617. The van der Waals surface area contributed by atoms with Crippen molar-refractivity contribution in [1.82, 2.24) is 4.98 Å². The fourth-order valence-electron chi connectivity index (χ4n) is 0.673. The van der Waals surface area contributed by atoms with Crippen LogP contribution in [0, 0.1) is 0 Å². The minimum Gasteiger partial charge on any atom is -0.478 e. The van der Waals surface area contributed by atoms with Gasteiger partial charge in [0.25, 0.3) is 0 Å². The predicted molar refractivity (Wildman–Crippen MR) is 48.6 cm³/mol. The number of pyridine rings is 1. The van der Waals surface area contributed by atoms with E-state index in [1.165, 1.54) is 6.08 Å². The van der Waals surface area contributed by atoms with Gasteiger partial charge in [0.05, 0.1) is 5.69 Å². The number of halogens is 1. The highest BCUT2D eigenvalue weighted by atomic mass is 79.9. The molecule has 0 aliphatic rings. The van der Waals surface area contributed by atoms with Crippen LogP contribution in [-0.2, 0) is 4.79 Å².